The number of carbonyl (C=O) groups is 2. The Balaban J connectivity index is 4.53. The molecular weight excluding hydrogens is 791 g/mol. The van der Waals surface area contributed by atoms with E-state index >= 15 is 0 Å². The number of nitrogens with one attached hydrogen (secondary N) is 1. The number of aliphatic hydroxyl groups excluding tert-OH is 2. The molecular formula is C58H111NO5. The fraction of sp³-hybridized carbons (Fsp3) is 0.897. The Morgan fingerprint density at radius 1 is 0.453 bits per heavy atom. The maximum Gasteiger partial charge on any atom is 0.306 e. The first kappa shape index (κ1) is 62.3. The van der Waals surface area contributed by atoms with Crippen LogP contribution < -0.4 is 5.32 Å². The van der Waals surface area contributed by atoms with Gasteiger partial charge in [-0.05, 0) is 57.8 Å². The fourth-order valence-electron chi connectivity index (χ4n) is 8.93. The number of hydrogen-bond donors (Lipinski definition) is 3. The third kappa shape index (κ3) is 46.9. The number of esters is 1. The summed E-state index contributed by atoms with van der Waals surface area (Å²) >= 11 is 0. The lowest BCUT2D eigenvalue weighted by atomic mass is 10.0. The van der Waals surface area contributed by atoms with Gasteiger partial charge in [-0.1, -0.05) is 263 Å². The standard InChI is InChI=1S/C58H111NO5/c1-4-7-10-13-16-19-22-24-26-28-30-32-35-37-40-43-46-49-54(52-57(62)59-55(53-60)56(61)50-47-44-41-38-34-21-18-15-12-9-6-3)64-58(63)51-48-45-42-39-36-33-31-29-27-25-23-20-17-14-11-8-5-2/h17,20,25,27,54-56,60-61H,4-16,18-19,21-24,26,28-53H2,1-3H3,(H,59,62)/b20-17-,27-25-. The molecule has 0 rings (SSSR count). The van der Waals surface area contributed by atoms with Gasteiger partial charge >= 0.3 is 5.97 Å². The van der Waals surface area contributed by atoms with Gasteiger partial charge < -0.3 is 20.3 Å². The second kappa shape index (κ2) is 52.3. The predicted octanol–water partition coefficient (Wildman–Crippen LogP) is 17.5. The van der Waals surface area contributed by atoms with Gasteiger partial charge in [0, 0.05) is 6.42 Å². The Bertz CT molecular complexity index is 1010. The van der Waals surface area contributed by atoms with Crippen LogP contribution in [0.3, 0.4) is 0 Å². The molecule has 0 saturated carbocycles. The van der Waals surface area contributed by atoms with Crippen molar-refractivity contribution in [3.63, 3.8) is 0 Å². The summed E-state index contributed by atoms with van der Waals surface area (Å²) in [5.41, 5.74) is 0. The average molecular weight is 903 g/mol. The lowest BCUT2D eigenvalue weighted by Crippen LogP contribution is -2.46. The Hall–Kier alpha value is -1.66. The number of rotatable bonds is 52. The van der Waals surface area contributed by atoms with Crippen molar-refractivity contribution in [3.8, 4) is 0 Å². The molecule has 64 heavy (non-hydrogen) atoms. The zero-order valence-corrected chi connectivity index (χ0v) is 43.2. The summed E-state index contributed by atoms with van der Waals surface area (Å²) in [6, 6.07) is -0.698. The van der Waals surface area contributed by atoms with Crippen LogP contribution in [0.15, 0.2) is 24.3 Å². The first-order valence-corrected chi connectivity index (χ1v) is 28.6. The number of aliphatic hydroxyl groups is 2. The molecule has 0 aliphatic rings. The van der Waals surface area contributed by atoms with Crippen LogP contribution in [0.1, 0.15) is 310 Å². The average Bonchev–Trinajstić information content (AvgIpc) is 3.29. The Morgan fingerprint density at radius 3 is 1.22 bits per heavy atom. The summed E-state index contributed by atoms with van der Waals surface area (Å²) in [4.78, 5) is 26.2. The van der Waals surface area contributed by atoms with Gasteiger partial charge in [-0.3, -0.25) is 9.59 Å². The molecule has 0 aliphatic heterocycles. The van der Waals surface area contributed by atoms with Crippen LogP contribution >= 0.6 is 0 Å². The summed E-state index contributed by atoms with van der Waals surface area (Å²) in [7, 11) is 0. The molecule has 3 unspecified atom stereocenters. The minimum atomic E-state index is -0.784. The quantitative estimate of drug-likeness (QED) is 0.0321. The molecule has 0 aromatic carbocycles. The van der Waals surface area contributed by atoms with Gasteiger partial charge in [-0.15, -0.1) is 0 Å². The second-order valence-corrected chi connectivity index (χ2v) is 19.7. The molecule has 0 bridgehead atoms. The lowest BCUT2D eigenvalue weighted by molar-refractivity contribution is -0.151. The highest BCUT2D eigenvalue weighted by Crippen LogP contribution is 2.19. The molecule has 0 heterocycles. The highest BCUT2D eigenvalue weighted by atomic mass is 16.5. The lowest BCUT2D eigenvalue weighted by Gasteiger charge is -2.24. The maximum atomic E-state index is 13.2. The zero-order valence-electron chi connectivity index (χ0n) is 43.2. The van der Waals surface area contributed by atoms with Crippen LogP contribution in [0.4, 0.5) is 0 Å². The van der Waals surface area contributed by atoms with E-state index in [2.05, 4.69) is 50.4 Å². The number of ether oxygens (including phenoxy) is 1. The minimum absolute atomic E-state index is 0.0806. The van der Waals surface area contributed by atoms with Crippen molar-refractivity contribution in [1.29, 1.82) is 0 Å². The van der Waals surface area contributed by atoms with Crippen molar-refractivity contribution in [1.82, 2.24) is 5.32 Å². The Morgan fingerprint density at radius 2 is 0.797 bits per heavy atom. The van der Waals surface area contributed by atoms with E-state index < -0.39 is 18.2 Å². The highest BCUT2D eigenvalue weighted by Gasteiger charge is 2.24. The maximum absolute atomic E-state index is 13.2. The van der Waals surface area contributed by atoms with Crippen LogP contribution in [-0.4, -0.2) is 46.9 Å². The topological polar surface area (TPSA) is 95.9 Å². The molecule has 1 amide bonds. The molecule has 0 fully saturated rings. The molecule has 6 heteroatoms. The number of unbranched alkanes of at least 4 members (excludes halogenated alkanes) is 36. The first-order valence-electron chi connectivity index (χ1n) is 28.6. The van der Waals surface area contributed by atoms with E-state index in [0.717, 1.165) is 57.8 Å². The molecule has 378 valence electrons. The van der Waals surface area contributed by atoms with Crippen molar-refractivity contribution < 1.29 is 24.5 Å². The first-order chi connectivity index (χ1) is 31.5. The van der Waals surface area contributed by atoms with E-state index in [1.54, 1.807) is 0 Å². The number of carbonyl (C=O) groups excluding carboxylic acids is 2. The molecule has 0 aromatic rings. The molecule has 0 radical (unpaired) electrons. The SMILES string of the molecule is CCCCC/C=C\C/C=C\CCCCCCCCCC(=O)OC(CCCCCCCCCCCCCCCCCCC)CC(=O)NC(CO)C(O)CCCCCCCCCCCCC. The fourth-order valence-corrected chi connectivity index (χ4v) is 8.93. The number of amides is 1. The van der Waals surface area contributed by atoms with E-state index in [9.17, 15) is 19.8 Å². The summed E-state index contributed by atoms with van der Waals surface area (Å²) in [5, 5.41) is 23.8. The van der Waals surface area contributed by atoms with Crippen molar-refractivity contribution in [3.05, 3.63) is 24.3 Å². The third-order valence-electron chi connectivity index (χ3n) is 13.3. The summed E-state index contributed by atoms with van der Waals surface area (Å²) < 4.78 is 5.96. The van der Waals surface area contributed by atoms with E-state index in [0.29, 0.717) is 19.3 Å². The van der Waals surface area contributed by atoms with E-state index in [4.69, 9.17) is 4.74 Å². The van der Waals surface area contributed by atoms with Crippen LogP contribution in [0.25, 0.3) is 0 Å². The van der Waals surface area contributed by atoms with Crippen molar-refractivity contribution in [2.45, 2.75) is 328 Å². The highest BCUT2D eigenvalue weighted by molar-refractivity contribution is 5.77. The van der Waals surface area contributed by atoms with Gasteiger partial charge in [0.1, 0.15) is 6.10 Å². The molecule has 0 spiro atoms. The third-order valence-corrected chi connectivity index (χ3v) is 13.3. The summed E-state index contributed by atoms with van der Waals surface area (Å²) in [6.07, 6.45) is 61.0. The second-order valence-electron chi connectivity index (χ2n) is 19.7. The van der Waals surface area contributed by atoms with Gasteiger partial charge in [-0.2, -0.15) is 0 Å². The summed E-state index contributed by atoms with van der Waals surface area (Å²) in [5.74, 6) is -0.463. The van der Waals surface area contributed by atoms with E-state index in [1.165, 1.54) is 205 Å². The smallest absolute Gasteiger partial charge is 0.306 e. The van der Waals surface area contributed by atoms with Crippen LogP contribution in [0, 0.1) is 0 Å². The van der Waals surface area contributed by atoms with E-state index in [1.807, 2.05) is 0 Å². The van der Waals surface area contributed by atoms with Gasteiger partial charge in [0.25, 0.3) is 0 Å². The van der Waals surface area contributed by atoms with Gasteiger partial charge in [0.05, 0.1) is 25.2 Å². The van der Waals surface area contributed by atoms with Crippen LogP contribution in [-0.2, 0) is 14.3 Å². The van der Waals surface area contributed by atoms with Crippen molar-refractivity contribution in [2.75, 3.05) is 6.61 Å². The number of allylic oxidation sites excluding steroid dienone is 4. The van der Waals surface area contributed by atoms with Gasteiger partial charge in [-0.25, -0.2) is 0 Å². The van der Waals surface area contributed by atoms with Crippen molar-refractivity contribution >= 4 is 11.9 Å². The van der Waals surface area contributed by atoms with Crippen LogP contribution in [0.5, 0.6) is 0 Å². The largest absolute Gasteiger partial charge is 0.462 e. The van der Waals surface area contributed by atoms with E-state index in [-0.39, 0.29) is 24.9 Å². The predicted molar refractivity (Wildman–Crippen MR) is 278 cm³/mol. The van der Waals surface area contributed by atoms with Gasteiger partial charge in [0.2, 0.25) is 5.91 Å². The monoisotopic (exact) mass is 902 g/mol. The normalized spacial score (nSPS) is 13.3. The van der Waals surface area contributed by atoms with Crippen molar-refractivity contribution in [2.24, 2.45) is 0 Å². The molecule has 0 aliphatic carbocycles. The Labute approximate surface area is 399 Å². The summed E-state index contributed by atoms with van der Waals surface area (Å²) in [6.45, 7) is 6.49. The number of hydrogen-bond acceptors (Lipinski definition) is 5. The molecule has 0 saturated heterocycles. The van der Waals surface area contributed by atoms with Gasteiger partial charge in [0.15, 0.2) is 0 Å². The minimum Gasteiger partial charge on any atom is -0.462 e. The molecule has 0 aromatic heterocycles. The zero-order chi connectivity index (χ0) is 46.7. The Kier molecular flexibility index (Phi) is 51.0. The van der Waals surface area contributed by atoms with Crippen LogP contribution in [0.2, 0.25) is 0 Å². The molecule has 3 atom stereocenters. The molecule has 6 nitrogen and oxygen atoms in total. The molecule has 3 N–H and O–H groups in total.